The molecule has 0 aliphatic heterocycles. The molecule has 24 heavy (non-hydrogen) atoms. The lowest BCUT2D eigenvalue weighted by molar-refractivity contribution is 0.440. The molecule has 0 N–H and O–H groups in total. The standard InChI is InChI=1S/C17H16FN5S/c1-23(2)20-11-13-6-3-7-14(21-13)16-15(9-18)22-17(24-16)12-5-4-8-19-10-12/h3-8,10-11H,9H2,1-2H3/b20-11+. The van der Waals surface area contributed by atoms with E-state index in [0.29, 0.717) is 17.1 Å². The highest BCUT2D eigenvalue weighted by Crippen LogP contribution is 2.34. The molecule has 0 unspecified atom stereocenters. The minimum Gasteiger partial charge on any atom is -0.303 e. The van der Waals surface area contributed by atoms with Crippen LogP contribution in [0, 0.1) is 0 Å². The van der Waals surface area contributed by atoms with Crippen LogP contribution >= 0.6 is 11.3 Å². The number of halogens is 1. The van der Waals surface area contributed by atoms with E-state index in [9.17, 15) is 4.39 Å². The molecule has 3 aromatic heterocycles. The predicted molar refractivity (Wildman–Crippen MR) is 94.7 cm³/mol. The Kier molecular flexibility index (Phi) is 4.90. The van der Waals surface area contributed by atoms with Crippen LogP contribution in [-0.4, -0.2) is 40.3 Å². The van der Waals surface area contributed by atoms with Crippen LogP contribution in [0.4, 0.5) is 4.39 Å². The van der Waals surface area contributed by atoms with E-state index in [4.69, 9.17) is 0 Å². The van der Waals surface area contributed by atoms with Crippen LogP contribution in [0.2, 0.25) is 0 Å². The Morgan fingerprint density at radius 3 is 2.79 bits per heavy atom. The lowest BCUT2D eigenvalue weighted by atomic mass is 10.2. The van der Waals surface area contributed by atoms with Gasteiger partial charge >= 0.3 is 0 Å². The van der Waals surface area contributed by atoms with Crippen LogP contribution in [0.1, 0.15) is 11.4 Å². The molecule has 3 rings (SSSR count). The summed E-state index contributed by atoms with van der Waals surface area (Å²) in [6, 6.07) is 9.33. The van der Waals surface area contributed by atoms with Crippen LogP contribution in [0.15, 0.2) is 47.8 Å². The predicted octanol–water partition coefficient (Wildman–Crippen LogP) is 3.63. The number of nitrogens with zero attached hydrogens (tertiary/aromatic N) is 5. The molecule has 0 atom stereocenters. The first-order chi connectivity index (χ1) is 11.7. The molecule has 3 heterocycles. The van der Waals surface area contributed by atoms with Crippen LogP contribution in [0.5, 0.6) is 0 Å². The molecule has 0 fully saturated rings. The molecule has 7 heteroatoms. The molecular formula is C17H16FN5S. The third kappa shape index (κ3) is 3.62. The first kappa shape index (κ1) is 16.2. The highest BCUT2D eigenvalue weighted by molar-refractivity contribution is 7.18. The fraction of sp³-hybridized carbons (Fsp3) is 0.176. The van der Waals surface area contributed by atoms with Crippen molar-refractivity contribution in [2.45, 2.75) is 6.67 Å². The number of alkyl halides is 1. The Bertz CT molecular complexity index is 845. The van der Waals surface area contributed by atoms with Crippen LogP contribution in [-0.2, 0) is 6.67 Å². The van der Waals surface area contributed by atoms with Crippen molar-refractivity contribution >= 4 is 17.6 Å². The van der Waals surface area contributed by atoms with Crippen molar-refractivity contribution in [3.63, 3.8) is 0 Å². The van der Waals surface area contributed by atoms with E-state index in [2.05, 4.69) is 20.1 Å². The Labute approximate surface area is 143 Å². The zero-order chi connectivity index (χ0) is 16.9. The quantitative estimate of drug-likeness (QED) is 0.525. The topological polar surface area (TPSA) is 54.3 Å². The first-order valence-corrected chi connectivity index (χ1v) is 8.14. The summed E-state index contributed by atoms with van der Waals surface area (Å²) in [7, 11) is 3.68. The molecule has 122 valence electrons. The average Bonchev–Trinajstić information content (AvgIpc) is 3.05. The maximum absolute atomic E-state index is 13.4. The number of aromatic nitrogens is 3. The SMILES string of the molecule is CN(C)/N=C/c1cccc(-c2sc(-c3cccnc3)nc2CF)n1. The number of pyridine rings is 2. The molecule has 0 aromatic carbocycles. The number of hydrazone groups is 1. The maximum atomic E-state index is 13.4. The molecule has 0 amide bonds. The van der Waals surface area contributed by atoms with Crippen LogP contribution in [0.25, 0.3) is 21.1 Å². The second kappa shape index (κ2) is 7.27. The molecule has 0 saturated heterocycles. The van der Waals surface area contributed by atoms with Crippen molar-refractivity contribution in [1.82, 2.24) is 20.0 Å². The van der Waals surface area contributed by atoms with E-state index < -0.39 is 6.67 Å². The highest BCUT2D eigenvalue weighted by atomic mass is 32.1. The van der Waals surface area contributed by atoms with Gasteiger partial charge in [-0.3, -0.25) is 4.98 Å². The van der Waals surface area contributed by atoms with E-state index in [1.165, 1.54) is 11.3 Å². The number of hydrogen-bond acceptors (Lipinski definition) is 6. The van der Waals surface area contributed by atoms with Crippen LogP contribution < -0.4 is 0 Å². The monoisotopic (exact) mass is 341 g/mol. The molecule has 0 aliphatic rings. The van der Waals surface area contributed by atoms with Gasteiger partial charge in [-0.1, -0.05) is 6.07 Å². The maximum Gasteiger partial charge on any atom is 0.133 e. The van der Waals surface area contributed by atoms with Gasteiger partial charge in [0.2, 0.25) is 0 Å². The first-order valence-electron chi connectivity index (χ1n) is 7.32. The summed E-state index contributed by atoms with van der Waals surface area (Å²) in [5.74, 6) is 0. The number of hydrogen-bond donors (Lipinski definition) is 0. The molecular weight excluding hydrogens is 325 g/mol. The van der Waals surface area contributed by atoms with E-state index in [1.54, 1.807) is 23.6 Å². The minimum absolute atomic E-state index is 0.396. The second-order valence-corrected chi connectivity index (χ2v) is 6.21. The fourth-order valence-electron chi connectivity index (χ4n) is 2.08. The van der Waals surface area contributed by atoms with Gasteiger partial charge in [-0.05, 0) is 24.3 Å². The largest absolute Gasteiger partial charge is 0.303 e. The van der Waals surface area contributed by atoms with Crippen molar-refractivity contribution in [2.24, 2.45) is 5.10 Å². The summed E-state index contributed by atoms with van der Waals surface area (Å²) in [5.41, 5.74) is 2.67. The summed E-state index contributed by atoms with van der Waals surface area (Å²) >= 11 is 1.41. The summed E-state index contributed by atoms with van der Waals surface area (Å²) < 4.78 is 13.4. The zero-order valence-electron chi connectivity index (χ0n) is 13.3. The Hall–Kier alpha value is -2.67. The molecule has 0 spiro atoms. The summed E-state index contributed by atoms with van der Waals surface area (Å²) in [5, 5.41) is 6.60. The van der Waals surface area contributed by atoms with Gasteiger partial charge in [-0.2, -0.15) is 5.10 Å². The van der Waals surface area contributed by atoms with Crippen molar-refractivity contribution in [1.29, 1.82) is 0 Å². The van der Waals surface area contributed by atoms with E-state index in [1.807, 2.05) is 44.4 Å². The lowest BCUT2D eigenvalue weighted by Crippen LogP contribution is -2.02. The van der Waals surface area contributed by atoms with Crippen molar-refractivity contribution in [3.05, 3.63) is 54.1 Å². The van der Waals surface area contributed by atoms with Gasteiger partial charge in [-0.25, -0.2) is 14.4 Å². The number of thiazole rings is 1. The molecule has 5 nitrogen and oxygen atoms in total. The molecule has 0 aliphatic carbocycles. The number of rotatable bonds is 5. The smallest absolute Gasteiger partial charge is 0.133 e. The van der Waals surface area contributed by atoms with Crippen molar-refractivity contribution in [2.75, 3.05) is 14.1 Å². The molecule has 0 saturated carbocycles. The van der Waals surface area contributed by atoms with Gasteiger partial charge in [0.1, 0.15) is 11.7 Å². The Morgan fingerprint density at radius 2 is 2.08 bits per heavy atom. The van der Waals surface area contributed by atoms with E-state index >= 15 is 0 Å². The fourth-order valence-corrected chi connectivity index (χ4v) is 3.10. The summed E-state index contributed by atoms with van der Waals surface area (Å²) in [6.45, 7) is -0.635. The van der Waals surface area contributed by atoms with Gasteiger partial charge < -0.3 is 5.01 Å². The summed E-state index contributed by atoms with van der Waals surface area (Å²) in [6.07, 6.45) is 5.09. The Morgan fingerprint density at radius 1 is 1.21 bits per heavy atom. The lowest BCUT2D eigenvalue weighted by Gasteiger charge is -2.03. The van der Waals surface area contributed by atoms with Crippen molar-refractivity contribution in [3.8, 4) is 21.1 Å². The Balaban J connectivity index is 2.00. The van der Waals surface area contributed by atoms with Crippen molar-refractivity contribution < 1.29 is 4.39 Å². The highest BCUT2D eigenvalue weighted by Gasteiger charge is 2.15. The zero-order valence-corrected chi connectivity index (χ0v) is 14.2. The normalized spacial score (nSPS) is 11.1. The summed E-state index contributed by atoms with van der Waals surface area (Å²) in [4.78, 5) is 13.8. The van der Waals surface area contributed by atoms with E-state index in [0.717, 1.165) is 15.4 Å². The van der Waals surface area contributed by atoms with E-state index in [-0.39, 0.29) is 0 Å². The van der Waals surface area contributed by atoms with Gasteiger partial charge in [0.15, 0.2) is 0 Å². The van der Waals surface area contributed by atoms with Gasteiger partial charge in [0.25, 0.3) is 0 Å². The minimum atomic E-state index is -0.635. The van der Waals surface area contributed by atoms with Crippen LogP contribution in [0.3, 0.4) is 0 Å². The third-order valence-electron chi connectivity index (χ3n) is 3.16. The third-order valence-corrected chi connectivity index (χ3v) is 4.33. The van der Waals surface area contributed by atoms with Gasteiger partial charge in [0, 0.05) is 32.1 Å². The second-order valence-electron chi connectivity index (χ2n) is 5.21. The molecule has 3 aromatic rings. The molecule has 0 bridgehead atoms. The molecule has 0 radical (unpaired) electrons. The van der Waals surface area contributed by atoms with Gasteiger partial charge in [-0.15, -0.1) is 11.3 Å². The van der Waals surface area contributed by atoms with Gasteiger partial charge in [0.05, 0.1) is 28.2 Å². The average molecular weight is 341 g/mol.